The second kappa shape index (κ2) is 7.31. The first kappa shape index (κ1) is 18.8. The number of carbonyl (C=O) groups is 2. The van der Waals surface area contributed by atoms with Gasteiger partial charge in [0.1, 0.15) is 12.2 Å². The third-order valence-electron chi connectivity index (χ3n) is 4.99. The molecule has 1 saturated carbocycles. The fraction of sp³-hybridized carbons (Fsp3) is 0.579. The van der Waals surface area contributed by atoms with Crippen LogP contribution in [0.1, 0.15) is 38.2 Å². The second-order valence-electron chi connectivity index (χ2n) is 7.34. The summed E-state index contributed by atoms with van der Waals surface area (Å²) in [6, 6.07) is 8.25. The highest BCUT2D eigenvalue weighted by atomic mass is 19.3. The molecule has 142 valence electrons. The topological polar surface area (TPSA) is 67.9 Å². The molecule has 3 atom stereocenters. The molecule has 1 saturated heterocycles. The number of rotatable bonds is 7. The number of halogens is 2. The van der Waals surface area contributed by atoms with Crippen LogP contribution in [0.2, 0.25) is 0 Å². The van der Waals surface area contributed by atoms with E-state index in [1.54, 1.807) is 6.92 Å². The van der Waals surface area contributed by atoms with Crippen LogP contribution in [-0.4, -0.2) is 36.0 Å². The lowest BCUT2D eigenvalue weighted by Crippen LogP contribution is -2.47. The highest BCUT2D eigenvalue weighted by Crippen LogP contribution is 2.41. The lowest BCUT2D eigenvalue weighted by Gasteiger charge is -2.22. The molecule has 1 heterocycles. The number of benzene rings is 1. The maximum absolute atomic E-state index is 13.4. The number of nitrogens with one attached hydrogen (secondary N) is 1. The van der Waals surface area contributed by atoms with Gasteiger partial charge in [0.2, 0.25) is 5.92 Å². The number of Topliss-reactive ketones (excluding diaryl/α,β-unsaturated/α-hetero) is 1. The Kier molecular flexibility index (Phi) is 5.27. The van der Waals surface area contributed by atoms with Gasteiger partial charge < -0.3 is 14.8 Å². The second-order valence-corrected chi connectivity index (χ2v) is 7.34. The Morgan fingerprint density at radius 1 is 1.35 bits per heavy atom. The summed E-state index contributed by atoms with van der Waals surface area (Å²) < 4.78 is 37.2. The fourth-order valence-electron chi connectivity index (χ4n) is 3.33. The SMILES string of the molecule is C[C@]1(C(=O)[C@H](C[C@@H]2CCC(F)(F)C2)NC(=O)OCc2ccccc2)CO1. The van der Waals surface area contributed by atoms with Gasteiger partial charge in [-0.3, -0.25) is 4.79 Å². The molecule has 1 aromatic rings. The van der Waals surface area contributed by atoms with E-state index < -0.39 is 23.7 Å². The normalized spacial score (nSPS) is 27.6. The first-order valence-corrected chi connectivity index (χ1v) is 8.81. The van der Waals surface area contributed by atoms with Gasteiger partial charge in [-0.25, -0.2) is 13.6 Å². The van der Waals surface area contributed by atoms with E-state index in [0.29, 0.717) is 6.42 Å². The van der Waals surface area contributed by atoms with Gasteiger partial charge in [0, 0.05) is 12.8 Å². The van der Waals surface area contributed by atoms with E-state index in [9.17, 15) is 18.4 Å². The van der Waals surface area contributed by atoms with Crippen LogP contribution in [0, 0.1) is 5.92 Å². The van der Waals surface area contributed by atoms with Crippen molar-refractivity contribution in [1.29, 1.82) is 0 Å². The summed E-state index contributed by atoms with van der Waals surface area (Å²) in [6.07, 6.45) is -0.649. The van der Waals surface area contributed by atoms with Crippen molar-refractivity contribution < 1.29 is 27.8 Å². The summed E-state index contributed by atoms with van der Waals surface area (Å²) in [7, 11) is 0. The molecule has 1 aromatic carbocycles. The van der Waals surface area contributed by atoms with E-state index in [-0.39, 0.29) is 44.2 Å². The van der Waals surface area contributed by atoms with Gasteiger partial charge >= 0.3 is 6.09 Å². The lowest BCUT2D eigenvalue weighted by molar-refractivity contribution is -0.126. The molecule has 0 radical (unpaired) electrons. The first-order valence-electron chi connectivity index (χ1n) is 8.81. The van der Waals surface area contributed by atoms with Gasteiger partial charge in [-0.1, -0.05) is 30.3 Å². The van der Waals surface area contributed by atoms with Crippen molar-refractivity contribution in [3.05, 3.63) is 35.9 Å². The average Bonchev–Trinajstić information content (AvgIpc) is 3.27. The average molecular weight is 367 g/mol. The maximum atomic E-state index is 13.4. The van der Waals surface area contributed by atoms with Crippen molar-refractivity contribution in [2.75, 3.05) is 6.61 Å². The minimum atomic E-state index is -2.69. The van der Waals surface area contributed by atoms with Crippen molar-refractivity contribution in [2.45, 2.75) is 56.8 Å². The van der Waals surface area contributed by atoms with Crippen LogP contribution < -0.4 is 5.32 Å². The van der Waals surface area contributed by atoms with Crippen LogP contribution >= 0.6 is 0 Å². The van der Waals surface area contributed by atoms with Crippen LogP contribution in [0.25, 0.3) is 0 Å². The number of alkyl halides is 2. The van der Waals surface area contributed by atoms with Crippen molar-refractivity contribution >= 4 is 11.9 Å². The molecule has 7 heteroatoms. The van der Waals surface area contributed by atoms with E-state index in [1.165, 1.54) is 0 Å². The van der Waals surface area contributed by atoms with Crippen molar-refractivity contribution in [1.82, 2.24) is 5.32 Å². The number of ether oxygens (including phenoxy) is 2. The summed E-state index contributed by atoms with van der Waals surface area (Å²) in [6.45, 7) is 2.00. The Hall–Kier alpha value is -2.02. The van der Waals surface area contributed by atoms with Crippen LogP contribution in [0.3, 0.4) is 0 Å². The van der Waals surface area contributed by atoms with Crippen LogP contribution in [0.4, 0.5) is 13.6 Å². The largest absolute Gasteiger partial charge is 0.445 e. The molecular weight excluding hydrogens is 344 g/mol. The standard InChI is InChI=1S/C19H23F2NO4/c1-18(12-26-18)16(23)15(9-14-7-8-19(20,21)10-14)22-17(24)25-11-13-5-3-2-4-6-13/h2-6,14-15H,7-12H2,1H3,(H,22,24)/t14-,15-,18+/m0/s1. The van der Waals surface area contributed by atoms with E-state index in [2.05, 4.69) is 5.32 Å². The predicted octanol–water partition coefficient (Wildman–Crippen LogP) is 3.46. The highest BCUT2D eigenvalue weighted by molar-refractivity contribution is 5.95. The predicted molar refractivity (Wildman–Crippen MR) is 89.8 cm³/mol. The van der Waals surface area contributed by atoms with E-state index in [1.807, 2.05) is 30.3 Å². The van der Waals surface area contributed by atoms with Gasteiger partial charge in [0.25, 0.3) is 0 Å². The number of carbonyl (C=O) groups excluding carboxylic acids is 2. The highest BCUT2D eigenvalue weighted by Gasteiger charge is 2.51. The molecule has 26 heavy (non-hydrogen) atoms. The monoisotopic (exact) mass is 367 g/mol. The zero-order valence-corrected chi connectivity index (χ0v) is 14.7. The molecule has 1 N–H and O–H groups in total. The van der Waals surface area contributed by atoms with E-state index in [4.69, 9.17) is 9.47 Å². The zero-order chi connectivity index (χ0) is 18.8. The third kappa shape index (κ3) is 4.78. The van der Waals surface area contributed by atoms with Crippen molar-refractivity contribution in [3.8, 4) is 0 Å². The third-order valence-corrected chi connectivity index (χ3v) is 4.99. The summed E-state index contributed by atoms with van der Waals surface area (Å²) in [5.41, 5.74) is -0.114. The van der Waals surface area contributed by atoms with Gasteiger partial charge in [-0.05, 0) is 31.2 Å². The lowest BCUT2D eigenvalue weighted by atomic mass is 9.91. The van der Waals surface area contributed by atoms with Crippen molar-refractivity contribution in [2.24, 2.45) is 5.92 Å². The van der Waals surface area contributed by atoms with Crippen LogP contribution in [0.5, 0.6) is 0 Å². The first-order chi connectivity index (χ1) is 12.3. The molecule has 0 bridgehead atoms. The fourth-order valence-corrected chi connectivity index (χ4v) is 3.33. The van der Waals surface area contributed by atoms with Crippen LogP contribution in [0.15, 0.2) is 30.3 Å². The molecule has 3 rings (SSSR count). The molecule has 0 aromatic heterocycles. The summed E-state index contributed by atoms with van der Waals surface area (Å²) in [4.78, 5) is 24.7. The minimum absolute atomic E-state index is 0.0723. The van der Waals surface area contributed by atoms with Gasteiger partial charge in [-0.2, -0.15) is 0 Å². The van der Waals surface area contributed by atoms with Gasteiger partial charge in [0.15, 0.2) is 5.78 Å². The van der Waals surface area contributed by atoms with E-state index >= 15 is 0 Å². The summed E-state index contributed by atoms with van der Waals surface area (Å²) in [5.74, 6) is -3.29. The number of hydrogen-bond acceptors (Lipinski definition) is 4. The number of amides is 1. The Balaban J connectivity index is 1.58. The Bertz CT molecular complexity index is 661. The van der Waals surface area contributed by atoms with Crippen molar-refractivity contribution in [3.63, 3.8) is 0 Å². The number of hydrogen-bond donors (Lipinski definition) is 1. The Labute approximate surface area is 151 Å². The summed E-state index contributed by atoms with van der Waals surface area (Å²) >= 11 is 0. The minimum Gasteiger partial charge on any atom is -0.445 e. The Morgan fingerprint density at radius 3 is 2.62 bits per heavy atom. The molecule has 0 spiro atoms. The number of alkyl carbamates (subject to hydrolysis) is 1. The van der Waals surface area contributed by atoms with Gasteiger partial charge in [0.05, 0.1) is 12.6 Å². The summed E-state index contributed by atoms with van der Waals surface area (Å²) in [5, 5.41) is 2.55. The quantitative estimate of drug-likeness (QED) is 0.750. The molecular formula is C19H23F2NO4. The maximum Gasteiger partial charge on any atom is 0.408 e. The molecule has 1 aliphatic carbocycles. The zero-order valence-electron chi connectivity index (χ0n) is 14.7. The van der Waals surface area contributed by atoms with Gasteiger partial charge in [-0.15, -0.1) is 0 Å². The smallest absolute Gasteiger partial charge is 0.408 e. The molecule has 1 amide bonds. The molecule has 2 aliphatic rings. The number of epoxide rings is 1. The Morgan fingerprint density at radius 2 is 2.04 bits per heavy atom. The molecule has 1 aliphatic heterocycles. The van der Waals surface area contributed by atoms with E-state index in [0.717, 1.165) is 5.56 Å². The van der Waals surface area contributed by atoms with Crippen LogP contribution in [-0.2, 0) is 20.9 Å². The molecule has 5 nitrogen and oxygen atoms in total. The molecule has 0 unspecified atom stereocenters. The number of ketones is 1. The molecule has 2 fully saturated rings.